The Balaban J connectivity index is 0.000000921. The van der Waals surface area contributed by atoms with Crippen LogP contribution in [-0.4, -0.2) is 25.2 Å². The zero-order valence-corrected chi connectivity index (χ0v) is 15.5. The number of thiazole rings is 1. The summed E-state index contributed by atoms with van der Waals surface area (Å²) >= 11 is 4.66. The number of ether oxygens (including phenoxy) is 2. The van der Waals surface area contributed by atoms with Gasteiger partial charge in [-0.1, -0.05) is 39.0 Å². The number of hydrogen-bond acceptors (Lipinski definition) is 6. The van der Waals surface area contributed by atoms with Crippen molar-refractivity contribution < 1.29 is 14.3 Å². The fourth-order valence-corrected chi connectivity index (χ4v) is 3.08. The van der Waals surface area contributed by atoms with Crippen molar-refractivity contribution in [3.8, 4) is 5.75 Å². The molecule has 0 bridgehead atoms. The fourth-order valence-electron chi connectivity index (χ4n) is 1.49. The van der Waals surface area contributed by atoms with Crippen LogP contribution in [0.5, 0.6) is 5.75 Å². The van der Waals surface area contributed by atoms with Crippen molar-refractivity contribution in [1.82, 2.24) is 4.98 Å². The number of carbonyl (C=O) groups is 1. The van der Waals surface area contributed by atoms with Crippen molar-refractivity contribution >= 4 is 48.6 Å². The van der Waals surface area contributed by atoms with Crippen LogP contribution < -0.4 is 10.5 Å². The Labute approximate surface area is 137 Å². The van der Waals surface area contributed by atoms with Gasteiger partial charge >= 0.3 is 5.97 Å². The Morgan fingerprint density at radius 2 is 1.86 bits per heavy atom. The van der Waals surface area contributed by atoms with Crippen LogP contribution in [0.3, 0.4) is 0 Å². The molecule has 0 saturated carbocycles. The van der Waals surface area contributed by atoms with Crippen LogP contribution in [-0.2, 0) is 4.74 Å². The lowest BCUT2D eigenvalue weighted by atomic mass is 10.2. The number of nitrogens with two attached hydrogens (primary N) is 1. The number of nitrogens with zero attached hydrogens (tertiary/aromatic N) is 1. The van der Waals surface area contributed by atoms with Gasteiger partial charge in [0.15, 0.2) is 5.13 Å². The monoisotopic (exact) mass is 376 g/mol. The number of nitrogen functional groups attached to an aromatic ring is 1. The van der Waals surface area contributed by atoms with Gasteiger partial charge in [-0.05, 0) is 22.0 Å². The third-order valence-corrected chi connectivity index (χ3v) is 3.77. The second kappa shape index (κ2) is 9.57. The summed E-state index contributed by atoms with van der Waals surface area (Å²) in [5.74, 6) is -0.0638. The SMILES string of the molecule is CC.CC.COC(=O)c1cc2sc(N)nc2c(Br)c1OC. The topological polar surface area (TPSA) is 74.4 Å². The van der Waals surface area contributed by atoms with Crippen LogP contribution in [0.15, 0.2) is 10.5 Å². The standard InChI is InChI=1S/C10H9BrN2O3S.2C2H6/c1-15-8-4(9(14)16-2)3-5-7(6(8)11)13-10(12)17-5;2*1-2/h3H,1-2H3,(H2,12,13);2*1-2H3. The average molecular weight is 377 g/mol. The van der Waals surface area contributed by atoms with Crippen molar-refractivity contribution in [3.05, 3.63) is 16.1 Å². The van der Waals surface area contributed by atoms with Crippen molar-refractivity contribution in [2.24, 2.45) is 0 Å². The zero-order chi connectivity index (χ0) is 16.6. The molecule has 1 heterocycles. The van der Waals surface area contributed by atoms with Gasteiger partial charge in [-0.25, -0.2) is 9.78 Å². The van der Waals surface area contributed by atoms with E-state index in [4.69, 9.17) is 15.2 Å². The number of aromatic nitrogens is 1. The minimum Gasteiger partial charge on any atom is -0.495 e. The molecule has 1 aromatic carbocycles. The number of carbonyl (C=O) groups excluding carboxylic acids is 1. The number of methoxy groups -OCH3 is 2. The Morgan fingerprint density at radius 3 is 2.33 bits per heavy atom. The van der Waals surface area contributed by atoms with E-state index in [9.17, 15) is 4.79 Å². The Morgan fingerprint density at radius 1 is 1.29 bits per heavy atom. The van der Waals surface area contributed by atoms with E-state index in [1.54, 1.807) is 6.07 Å². The Hall–Kier alpha value is -1.34. The fraction of sp³-hybridized carbons (Fsp3) is 0.429. The van der Waals surface area contributed by atoms with Crippen molar-refractivity contribution in [3.63, 3.8) is 0 Å². The molecule has 2 rings (SSSR count). The third kappa shape index (κ3) is 4.31. The summed E-state index contributed by atoms with van der Waals surface area (Å²) in [4.78, 5) is 15.8. The van der Waals surface area contributed by atoms with E-state index in [0.717, 1.165) is 4.70 Å². The Kier molecular flexibility index (Phi) is 8.96. The highest BCUT2D eigenvalue weighted by molar-refractivity contribution is 9.10. The molecular formula is C14H21BrN2O3S. The molecule has 0 aliphatic carbocycles. The Bertz CT molecular complexity index is 599. The summed E-state index contributed by atoms with van der Waals surface area (Å²) in [5, 5.41) is 0.435. The molecule has 0 saturated heterocycles. The zero-order valence-electron chi connectivity index (χ0n) is 13.1. The number of hydrogen-bond donors (Lipinski definition) is 1. The molecule has 0 spiro atoms. The molecule has 5 nitrogen and oxygen atoms in total. The molecule has 118 valence electrons. The number of anilines is 1. The largest absolute Gasteiger partial charge is 0.495 e. The predicted octanol–water partition coefficient (Wildman–Crippen LogP) is 4.49. The summed E-state index contributed by atoms with van der Waals surface area (Å²) < 4.78 is 11.3. The summed E-state index contributed by atoms with van der Waals surface area (Å²) in [5.41, 5.74) is 6.66. The van der Waals surface area contributed by atoms with E-state index in [1.807, 2.05) is 27.7 Å². The predicted molar refractivity (Wildman–Crippen MR) is 92.3 cm³/mol. The van der Waals surface area contributed by atoms with Crippen molar-refractivity contribution in [2.75, 3.05) is 20.0 Å². The normalized spacial score (nSPS) is 9.10. The van der Waals surface area contributed by atoms with Gasteiger partial charge in [0, 0.05) is 0 Å². The van der Waals surface area contributed by atoms with E-state index < -0.39 is 5.97 Å². The quantitative estimate of drug-likeness (QED) is 0.781. The van der Waals surface area contributed by atoms with Crippen LogP contribution >= 0.6 is 27.3 Å². The number of halogens is 1. The second-order valence-corrected chi connectivity index (χ2v) is 5.02. The molecule has 2 aromatic rings. The van der Waals surface area contributed by atoms with Gasteiger partial charge in [-0.15, -0.1) is 0 Å². The molecule has 0 radical (unpaired) electrons. The third-order valence-electron chi connectivity index (χ3n) is 2.21. The van der Waals surface area contributed by atoms with Crippen LogP contribution in [0.4, 0.5) is 5.13 Å². The number of esters is 1. The van der Waals surface area contributed by atoms with Crippen molar-refractivity contribution in [2.45, 2.75) is 27.7 Å². The molecule has 0 aliphatic rings. The number of rotatable bonds is 2. The van der Waals surface area contributed by atoms with E-state index in [0.29, 0.717) is 26.4 Å². The maximum atomic E-state index is 11.6. The molecule has 2 N–H and O–H groups in total. The molecule has 21 heavy (non-hydrogen) atoms. The summed E-state index contributed by atoms with van der Waals surface area (Å²) in [6, 6.07) is 1.67. The first-order valence-corrected chi connectivity index (χ1v) is 8.20. The lowest BCUT2D eigenvalue weighted by Gasteiger charge is -2.08. The molecule has 7 heteroatoms. The molecule has 0 aliphatic heterocycles. The highest BCUT2D eigenvalue weighted by Crippen LogP contribution is 2.39. The first-order valence-electron chi connectivity index (χ1n) is 6.59. The van der Waals surface area contributed by atoms with Crippen molar-refractivity contribution in [1.29, 1.82) is 0 Å². The average Bonchev–Trinajstić information content (AvgIpc) is 2.91. The molecule has 0 unspecified atom stereocenters. The van der Waals surface area contributed by atoms with Crippen LogP contribution in [0.2, 0.25) is 0 Å². The maximum Gasteiger partial charge on any atom is 0.341 e. The van der Waals surface area contributed by atoms with Gasteiger partial charge in [0.1, 0.15) is 16.8 Å². The van der Waals surface area contributed by atoms with Gasteiger partial charge in [-0.3, -0.25) is 0 Å². The summed E-state index contributed by atoms with van der Waals surface area (Å²) in [6.07, 6.45) is 0. The van der Waals surface area contributed by atoms with Crippen LogP contribution in [0.1, 0.15) is 38.1 Å². The summed E-state index contributed by atoms with van der Waals surface area (Å²) in [7, 11) is 2.80. The minimum absolute atomic E-state index is 0.345. The number of fused-ring (bicyclic) bond motifs is 1. The summed E-state index contributed by atoms with van der Waals surface area (Å²) in [6.45, 7) is 8.00. The smallest absolute Gasteiger partial charge is 0.341 e. The van der Waals surface area contributed by atoms with Gasteiger partial charge in [0.25, 0.3) is 0 Å². The van der Waals surface area contributed by atoms with Gasteiger partial charge in [-0.2, -0.15) is 0 Å². The van der Waals surface area contributed by atoms with Crippen LogP contribution in [0, 0.1) is 0 Å². The highest BCUT2D eigenvalue weighted by atomic mass is 79.9. The molecule has 1 aromatic heterocycles. The molecular weight excluding hydrogens is 356 g/mol. The second-order valence-electron chi connectivity index (χ2n) is 3.16. The first kappa shape index (κ1) is 19.7. The van der Waals surface area contributed by atoms with Gasteiger partial charge < -0.3 is 15.2 Å². The van der Waals surface area contributed by atoms with E-state index in [-0.39, 0.29) is 0 Å². The lowest BCUT2D eigenvalue weighted by molar-refractivity contribution is 0.0597. The number of benzene rings is 1. The lowest BCUT2D eigenvalue weighted by Crippen LogP contribution is -2.04. The molecule has 0 fully saturated rings. The minimum atomic E-state index is -0.462. The highest BCUT2D eigenvalue weighted by Gasteiger charge is 2.20. The van der Waals surface area contributed by atoms with E-state index >= 15 is 0 Å². The van der Waals surface area contributed by atoms with E-state index in [2.05, 4.69) is 20.9 Å². The molecule has 0 atom stereocenters. The first-order chi connectivity index (χ1) is 10.1. The maximum absolute atomic E-state index is 11.6. The van der Waals surface area contributed by atoms with E-state index in [1.165, 1.54) is 25.6 Å². The van der Waals surface area contributed by atoms with Crippen LogP contribution in [0.25, 0.3) is 10.2 Å². The van der Waals surface area contributed by atoms with Gasteiger partial charge in [0.2, 0.25) is 0 Å². The van der Waals surface area contributed by atoms with Gasteiger partial charge in [0.05, 0.1) is 23.4 Å². The molecule has 0 amide bonds.